The third-order valence-corrected chi connectivity index (χ3v) is 4.34. The summed E-state index contributed by atoms with van der Waals surface area (Å²) < 4.78 is 5.72. The number of nitrogens with one attached hydrogen (secondary N) is 1. The molecule has 0 aliphatic heterocycles. The number of esters is 1. The van der Waals surface area contributed by atoms with Crippen LogP contribution >= 0.6 is 27.5 Å². The highest BCUT2D eigenvalue weighted by Gasteiger charge is 2.17. The van der Waals surface area contributed by atoms with Crippen molar-refractivity contribution in [3.05, 3.63) is 69.1 Å². The number of allylic oxidation sites excluding steroid dienone is 1. The lowest BCUT2D eigenvalue weighted by atomic mass is 10.2. The van der Waals surface area contributed by atoms with Crippen molar-refractivity contribution in [1.29, 1.82) is 5.26 Å². The number of hydrogen-bond donors (Lipinski definition) is 2. The lowest BCUT2D eigenvalue weighted by Gasteiger charge is -2.07. The Morgan fingerprint density at radius 3 is 2.85 bits per heavy atom. The molecule has 1 heterocycles. The van der Waals surface area contributed by atoms with Crippen LogP contribution in [0.2, 0.25) is 5.02 Å². The van der Waals surface area contributed by atoms with E-state index in [0.717, 1.165) is 5.52 Å². The van der Waals surface area contributed by atoms with Gasteiger partial charge in [0.1, 0.15) is 18.2 Å². The first-order valence-electron chi connectivity index (χ1n) is 7.39. The molecule has 8 heteroatoms. The van der Waals surface area contributed by atoms with Crippen molar-refractivity contribution >= 4 is 50.1 Å². The van der Waals surface area contributed by atoms with Crippen molar-refractivity contribution in [2.45, 2.75) is 0 Å². The van der Waals surface area contributed by atoms with Crippen LogP contribution in [0.3, 0.4) is 0 Å². The first-order chi connectivity index (χ1) is 12.5. The van der Waals surface area contributed by atoms with Crippen LogP contribution in [0.15, 0.2) is 52.7 Å². The van der Waals surface area contributed by atoms with Crippen LogP contribution in [0, 0.1) is 11.3 Å². The molecule has 0 saturated carbocycles. The molecule has 26 heavy (non-hydrogen) atoms. The number of hydrogen-bond acceptors (Lipinski definition) is 5. The summed E-state index contributed by atoms with van der Waals surface area (Å²) in [6.07, 6.45) is 0. The van der Waals surface area contributed by atoms with E-state index in [2.05, 4.69) is 25.9 Å². The van der Waals surface area contributed by atoms with E-state index < -0.39 is 18.3 Å². The number of aromatic nitrogens is 2. The molecular weight excluding hydrogens is 422 g/mol. The van der Waals surface area contributed by atoms with E-state index in [9.17, 15) is 15.2 Å². The first kappa shape index (κ1) is 18.0. The number of aromatic amines is 1. The zero-order valence-corrected chi connectivity index (χ0v) is 15.5. The zero-order valence-electron chi connectivity index (χ0n) is 13.2. The molecule has 2 N–H and O–H groups in total. The van der Waals surface area contributed by atoms with Gasteiger partial charge in [-0.1, -0.05) is 39.7 Å². The summed E-state index contributed by atoms with van der Waals surface area (Å²) in [5, 5.41) is 19.7. The number of imidazole rings is 1. The van der Waals surface area contributed by atoms with Gasteiger partial charge >= 0.3 is 5.97 Å². The summed E-state index contributed by atoms with van der Waals surface area (Å²) >= 11 is 9.22. The molecule has 2 aromatic carbocycles. The number of ether oxygens (including phenoxy) is 1. The predicted octanol–water partition coefficient (Wildman–Crippen LogP) is 4.63. The number of aliphatic hydroxyl groups is 1. The Balaban J connectivity index is 1.82. The number of carbonyl (C=O) groups is 1. The van der Waals surface area contributed by atoms with Crippen LogP contribution in [0.1, 0.15) is 16.2 Å². The Bertz CT molecular complexity index is 1040. The van der Waals surface area contributed by atoms with Gasteiger partial charge in [-0.25, -0.2) is 9.78 Å². The lowest BCUT2D eigenvalue weighted by Crippen LogP contribution is -2.10. The second-order valence-corrected chi connectivity index (χ2v) is 6.56. The van der Waals surface area contributed by atoms with Crippen molar-refractivity contribution in [1.82, 2.24) is 9.97 Å². The van der Waals surface area contributed by atoms with Gasteiger partial charge in [0.2, 0.25) is 0 Å². The summed E-state index contributed by atoms with van der Waals surface area (Å²) in [5.74, 6) is -0.932. The third-order valence-electron chi connectivity index (χ3n) is 3.51. The maximum Gasteiger partial charge on any atom is 0.340 e. The fourth-order valence-electron chi connectivity index (χ4n) is 2.26. The van der Waals surface area contributed by atoms with Gasteiger partial charge in [-0.3, -0.25) is 0 Å². The van der Waals surface area contributed by atoms with E-state index in [4.69, 9.17) is 16.3 Å². The van der Waals surface area contributed by atoms with Gasteiger partial charge in [-0.05, 0) is 30.3 Å². The molecule has 0 fully saturated rings. The number of nitrogens with zero attached hydrogens (tertiary/aromatic N) is 2. The smallest absolute Gasteiger partial charge is 0.340 e. The molecule has 0 aliphatic rings. The molecule has 3 rings (SSSR count). The van der Waals surface area contributed by atoms with E-state index in [1.54, 1.807) is 24.3 Å². The number of aliphatic hydroxyl groups excluding tert-OH is 1. The largest absolute Gasteiger partial charge is 0.507 e. The third kappa shape index (κ3) is 3.72. The van der Waals surface area contributed by atoms with E-state index in [0.29, 0.717) is 9.99 Å². The molecule has 0 spiro atoms. The molecule has 0 aliphatic carbocycles. The minimum absolute atomic E-state index is 0.102. The molecule has 0 unspecified atom stereocenters. The van der Waals surface area contributed by atoms with E-state index in [1.165, 1.54) is 6.07 Å². The molecule has 3 aromatic rings. The number of para-hydroxylation sites is 2. The second-order valence-electron chi connectivity index (χ2n) is 5.24. The Morgan fingerprint density at radius 1 is 1.35 bits per heavy atom. The highest BCUT2D eigenvalue weighted by Crippen LogP contribution is 2.23. The molecule has 6 nitrogen and oxygen atoms in total. The molecule has 0 saturated heterocycles. The first-order valence-corrected chi connectivity index (χ1v) is 8.56. The van der Waals surface area contributed by atoms with Gasteiger partial charge in [0.05, 0.1) is 21.6 Å². The summed E-state index contributed by atoms with van der Waals surface area (Å²) in [6, 6.07) is 13.8. The van der Waals surface area contributed by atoms with Crippen LogP contribution in [0.4, 0.5) is 0 Å². The quantitative estimate of drug-likeness (QED) is 0.356. The number of benzene rings is 2. The number of carbonyl (C=O) groups excluding carboxylic acids is 1. The highest BCUT2D eigenvalue weighted by atomic mass is 79.9. The van der Waals surface area contributed by atoms with Crippen molar-refractivity contribution in [3.8, 4) is 6.07 Å². The van der Waals surface area contributed by atoms with Gasteiger partial charge in [-0.15, -0.1) is 0 Å². The SMILES string of the molecule is N#CC(=C(O)COC(=O)c1cc(Br)ccc1Cl)c1nc2ccccc2[nH]1. The highest BCUT2D eigenvalue weighted by molar-refractivity contribution is 9.10. The fourth-order valence-corrected chi connectivity index (χ4v) is 2.82. The number of H-pyrrole nitrogens is 1. The molecule has 0 bridgehead atoms. The maximum atomic E-state index is 12.1. The second kappa shape index (κ2) is 7.60. The number of rotatable bonds is 4. The number of halogens is 2. The summed E-state index contributed by atoms with van der Waals surface area (Å²) in [4.78, 5) is 19.3. The molecule has 0 atom stereocenters. The minimum Gasteiger partial charge on any atom is -0.507 e. The van der Waals surface area contributed by atoms with Gasteiger partial charge in [0.15, 0.2) is 11.6 Å². The van der Waals surface area contributed by atoms with Crippen LogP contribution < -0.4 is 0 Å². The number of fused-ring (bicyclic) bond motifs is 1. The maximum absolute atomic E-state index is 12.1. The van der Waals surface area contributed by atoms with Crippen molar-refractivity contribution < 1.29 is 14.6 Å². The number of nitriles is 1. The van der Waals surface area contributed by atoms with E-state index in [-0.39, 0.29) is 22.0 Å². The molecule has 1 aromatic heterocycles. The van der Waals surface area contributed by atoms with Crippen LogP contribution in [-0.4, -0.2) is 27.7 Å². The van der Waals surface area contributed by atoms with Gasteiger partial charge in [0, 0.05) is 4.47 Å². The van der Waals surface area contributed by atoms with Gasteiger partial charge in [-0.2, -0.15) is 5.26 Å². The summed E-state index contributed by atoms with van der Waals surface area (Å²) in [5.41, 5.74) is 1.42. The van der Waals surface area contributed by atoms with E-state index >= 15 is 0 Å². The topological polar surface area (TPSA) is 99.0 Å². The molecule has 0 radical (unpaired) electrons. The fraction of sp³-hybridized carbons (Fsp3) is 0.0556. The monoisotopic (exact) mass is 431 g/mol. The Labute approximate surface area is 161 Å². The normalized spacial score (nSPS) is 11.7. The average Bonchev–Trinajstić information content (AvgIpc) is 3.06. The van der Waals surface area contributed by atoms with Crippen LogP contribution in [0.25, 0.3) is 16.6 Å². The standard InChI is InChI=1S/C18H11BrClN3O3/c19-10-5-6-13(20)11(7-10)18(25)26-9-16(24)12(8-21)17-22-14-3-1-2-4-15(14)23-17/h1-7,24H,9H2,(H,22,23). The molecule has 130 valence electrons. The minimum atomic E-state index is -0.718. The Hall–Kier alpha value is -2.82. The molecule has 0 amide bonds. The van der Waals surface area contributed by atoms with E-state index in [1.807, 2.05) is 18.2 Å². The van der Waals surface area contributed by atoms with Crippen LogP contribution in [0.5, 0.6) is 0 Å². The van der Waals surface area contributed by atoms with Crippen molar-refractivity contribution in [3.63, 3.8) is 0 Å². The van der Waals surface area contributed by atoms with Crippen LogP contribution in [-0.2, 0) is 4.74 Å². The van der Waals surface area contributed by atoms with Gasteiger partial charge in [0.25, 0.3) is 0 Å². The summed E-state index contributed by atoms with van der Waals surface area (Å²) in [7, 11) is 0. The average molecular weight is 433 g/mol. The summed E-state index contributed by atoms with van der Waals surface area (Å²) in [6.45, 7) is -0.485. The predicted molar refractivity (Wildman–Crippen MR) is 101 cm³/mol. The lowest BCUT2D eigenvalue weighted by molar-refractivity contribution is 0.0503. The zero-order chi connectivity index (χ0) is 18.7. The molecular formula is C18H11BrClN3O3. The van der Waals surface area contributed by atoms with Crippen molar-refractivity contribution in [2.24, 2.45) is 0 Å². The Kier molecular flexibility index (Phi) is 5.26. The van der Waals surface area contributed by atoms with Crippen molar-refractivity contribution in [2.75, 3.05) is 6.61 Å². The van der Waals surface area contributed by atoms with Gasteiger partial charge < -0.3 is 14.8 Å². The Morgan fingerprint density at radius 2 is 2.12 bits per heavy atom.